The minimum atomic E-state index is -0.273. The lowest BCUT2D eigenvalue weighted by molar-refractivity contribution is -0.144. The van der Waals surface area contributed by atoms with Gasteiger partial charge >= 0.3 is 5.97 Å². The summed E-state index contributed by atoms with van der Waals surface area (Å²) in [6, 6.07) is 9.03. The van der Waals surface area contributed by atoms with Gasteiger partial charge in [0.15, 0.2) is 0 Å². The molecule has 0 saturated heterocycles. The molecule has 1 aromatic heterocycles. The summed E-state index contributed by atoms with van der Waals surface area (Å²) >= 11 is 3.31. The summed E-state index contributed by atoms with van der Waals surface area (Å²) in [7, 11) is 0. The molecule has 1 heterocycles. The van der Waals surface area contributed by atoms with Crippen LogP contribution in [0, 0.1) is 0 Å². The molecule has 2 N–H and O–H groups in total. The zero-order valence-corrected chi connectivity index (χ0v) is 11.8. The monoisotopic (exact) mass is 320 g/mol. The first-order chi connectivity index (χ1) is 9.13. The average Bonchev–Trinajstić information content (AvgIpc) is 2.39. The van der Waals surface area contributed by atoms with E-state index in [0.717, 1.165) is 15.6 Å². The number of carbonyl (C=O) groups is 1. The molecule has 0 fully saturated rings. The molecule has 0 radical (unpaired) electrons. The predicted octanol–water partition coefficient (Wildman–Crippen LogP) is 2.71. The van der Waals surface area contributed by atoms with E-state index in [1.807, 2.05) is 18.2 Å². The molecule has 5 heteroatoms. The Hall–Kier alpha value is -1.88. The minimum Gasteiger partial charge on any atom is -0.460 e. The Morgan fingerprint density at radius 1 is 1.21 bits per heavy atom. The molecule has 19 heavy (non-hydrogen) atoms. The van der Waals surface area contributed by atoms with Crippen molar-refractivity contribution < 1.29 is 9.53 Å². The molecule has 0 amide bonds. The summed E-state index contributed by atoms with van der Waals surface area (Å²) in [5.41, 5.74) is 7.99. The number of nitrogens with zero attached hydrogens (tertiary/aromatic N) is 1. The number of halogens is 1. The largest absolute Gasteiger partial charge is 0.460 e. The van der Waals surface area contributed by atoms with Crippen LogP contribution in [-0.4, -0.2) is 11.0 Å². The lowest BCUT2D eigenvalue weighted by Gasteiger charge is -2.05. The Kier molecular flexibility index (Phi) is 4.52. The number of pyridine rings is 1. The fourth-order valence-electron chi connectivity index (χ4n) is 1.55. The minimum absolute atomic E-state index is 0.222. The van der Waals surface area contributed by atoms with Crippen molar-refractivity contribution in [2.24, 2.45) is 0 Å². The van der Waals surface area contributed by atoms with Gasteiger partial charge in [-0.3, -0.25) is 9.78 Å². The van der Waals surface area contributed by atoms with Crippen molar-refractivity contribution in [3.63, 3.8) is 0 Å². The number of nitrogen functional groups attached to an aromatic ring is 1. The molecule has 2 rings (SSSR count). The third kappa shape index (κ3) is 4.37. The first kappa shape index (κ1) is 13.5. The van der Waals surface area contributed by atoms with Crippen LogP contribution in [0.3, 0.4) is 0 Å². The van der Waals surface area contributed by atoms with Crippen LogP contribution >= 0.6 is 15.9 Å². The molecule has 0 bridgehead atoms. The van der Waals surface area contributed by atoms with E-state index in [0.29, 0.717) is 5.69 Å². The number of rotatable bonds is 4. The van der Waals surface area contributed by atoms with Gasteiger partial charge in [0.1, 0.15) is 6.61 Å². The highest BCUT2D eigenvalue weighted by atomic mass is 79.9. The molecule has 0 atom stereocenters. The number of nitrogens with two attached hydrogens (primary N) is 1. The van der Waals surface area contributed by atoms with Crippen LogP contribution in [-0.2, 0) is 22.6 Å². The molecule has 98 valence electrons. The topological polar surface area (TPSA) is 65.2 Å². The van der Waals surface area contributed by atoms with E-state index in [9.17, 15) is 4.79 Å². The Labute approximate surface area is 119 Å². The molecule has 0 aliphatic rings. The van der Waals surface area contributed by atoms with Gasteiger partial charge in [-0.05, 0) is 39.7 Å². The van der Waals surface area contributed by atoms with E-state index in [1.54, 1.807) is 24.5 Å². The first-order valence-electron chi connectivity index (χ1n) is 5.73. The SMILES string of the molecule is Nc1ccc(CC(=O)OCc2cncc(Br)c2)cc1. The normalized spacial score (nSPS) is 10.2. The highest BCUT2D eigenvalue weighted by Crippen LogP contribution is 2.11. The Bertz CT molecular complexity index is 570. The summed E-state index contributed by atoms with van der Waals surface area (Å²) in [6.45, 7) is 0.222. The second-order valence-electron chi connectivity index (χ2n) is 4.09. The second-order valence-corrected chi connectivity index (χ2v) is 5.01. The van der Waals surface area contributed by atoms with Crippen molar-refractivity contribution in [3.05, 3.63) is 58.3 Å². The maximum Gasteiger partial charge on any atom is 0.310 e. The maximum atomic E-state index is 11.7. The number of aromatic nitrogens is 1. The van der Waals surface area contributed by atoms with E-state index in [2.05, 4.69) is 20.9 Å². The Morgan fingerprint density at radius 3 is 2.63 bits per heavy atom. The van der Waals surface area contributed by atoms with Gasteiger partial charge in [0.2, 0.25) is 0 Å². The van der Waals surface area contributed by atoms with E-state index >= 15 is 0 Å². The summed E-state index contributed by atoms with van der Waals surface area (Å²) < 4.78 is 6.05. The lowest BCUT2D eigenvalue weighted by atomic mass is 10.1. The van der Waals surface area contributed by atoms with Crippen LogP contribution in [0.5, 0.6) is 0 Å². The van der Waals surface area contributed by atoms with Crippen LogP contribution in [0.2, 0.25) is 0 Å². The number of hydrogen-bond acceptors (Lipinski definition) is 4. The summed E-state index contributed by atoms with van der Waals surface area (Å²) in [4.78, 5) is 15.7. The number of anilines is 1. The molecular weight excluding hydrogens is 308 g/mol. The summed E-state index contributed by atoms with van der Waals surface area (Å²) in [5.74, 6) is -0.273. The van der Waals surface area contributed by atoms with Gasteiger partial charge in [-0.2, -0.15) is 0 Å². The number of carbonyl (C=O) groups excluding carboxylic acids is 1. The van der Waals surface area contributed by atoms with Gasteiger partial charge < -0.3 is 10.5 Å². The summed E-state index contributed by atoms with van der Waals surface area (Å²) in [6.07, 6.45) is 3.59. The van der Waals surface area contributed by atoms with Crippen molar-refractivity contribution in [1.82, 2.24) is 4.98 Å². The van der Waals surface area contributed by atoms with Gasteiger partial charge in [0.05, 0.1) is 6.42 Å². The number of hydrogen-bond donors (Lipinski definition) is 1. The number of benzene rings is 1. The highest BCUT2D eigenvalue weighted by Gasteiger charge is 2.05. The van der Waals surface area contributed by atoms with Gasteiger partial charge in [-0.25, -0.2) is 0 Å². The molecule has 0 saturated carbocycles. The third-order valence-corrected chi connectivity index (χ3v) is 2.92. The molecule has 1 aromatic carbocycles. The van der Waals surface area contributed by atoms with Crippen molar-refractivity contribution in [1.29, 1.82) is 0 Å². The molecule has 0 aliphatic heterocycles. The van der Waals surface area contributed by atoms with Crippen molar-refractivity contribution >= 4 is 27.6 Å². The van der Waals surface area contributed by atoms with Crippen molar-refractivity contribution in [3.8, 4) is 0 Å². The van der Waals surface area contributed by atoms with Crippen LogP contribution < -0.4 is 5.73 Å². The van der Waals surface area contributed by atoms with Crippen LogP contribution in [0.15, 0.2) is 47.2 Å². The smallest absolute Gasteiger partial charge is 0.310 e. The van der Waals surface area contributed by atoms with Gasteiger partial charge in [-0.1, -0.05) is 12.1 Å². The second kappa shape index (κ2) is 6.33. The third-order valence-electron chi connectivity index (χ3n) is 2.49. The Morgan fingerprint density at radius 2 is 1.95 bits per heavy atom. The van der Waals surface area contributed by atoms with E-state index in [1.165, 1.54) is 0 Å². The van der Waals surface area contributed by atoms with E-state index < -0.39 is 0 Å². The Balaban J connectivity index is 1.86. The number of ether oxygens (including phenoxy) is 1. The van der Waals surface area contributed by atoms with Crippen molar-refractivity contribution in [2.75, 3.05) is 5.73 Å². The van der Waals surface area contributed by atoms with Crippen molar-refractivity contribution in [2.45, 2.75) is 13.0 Å². The van der Waals surface area contributed by atoms with Crippen LogP contribution in [0.1, 0.15) is 11.1 Å². The highest BCUT2D eigenvalue weighted by molar-refractivity contribution is 9.10. The van der Waals surface area contributed by atoms with Gasteiger partial charge in [0, 0.05) is 28.1 Å². The van der Waals surface area contributed by atoms with Crippen LogP contribution in [0.4, 0.5) is 5.69 Å². The zero-order chi connectivity index (χ0) is 13.7. The first-order valence-corrected chi connectivity index (χ1v) is 6.52. The molecule has 0 unspecified atom stereocenters. The molecule has 2 aromatic rings. The molecular formula is C14H13BrN2O2. The van der Waals surface area contributed by atoms with E-state index in [4.69, 9.17) is 10.5 Å². The number of esters is 1. The van der Waals surface area contributed by atoms with Crippen LogP contribution in [0.25, 0.3) is 0 Å². The van der Waals surface area contributed by atoms with E-state index in [-0.39, 0.29) is 19.0 Å². The maximum absolute atomic E-state index is 11.7. The standard InChI is InChI=1S/C14H13BrN2O2/c15-12-5-11(7-17-8-12)9-19-14(18)6-10-1-3-13(16)4-2-10/h1-5,7-8H,6,9,16H2. The molecule has 4 nitrogen and oxygen atoms in total. The summed E-state index contributed by atoms with van der Waals surface area (Å²) in [5, 5.41) is 0. The molecule has 0 aliphatic carbocycles. The fourth-order valence-corrected chi connectivity index (χ4v) is 1.96. The van der Waals surface area contributed by atoms with Gasteiger partial charge in [-0.15, -0.1) is 0 Å². The average molecular weight is 321 g/mol. The van der Waals surface area contributed by atoms with Gasteiger partial charge in [0.25, 0.3) is 0 Å². The predicted molar refractivity (Wildman–Crippen MR) is 76.3 cm³/mol. The zero-order valence-electron chi connectivity index (χ0n) is 10.2. The lowest BCUT2D eigenvalue weighted by Crippen LogP contribution is -2.08. The quantitative estimate of drug-likeness (QED) is 0.695. The fraction of sp³-hybridized carbons (Fsp3) is 0.143. The molecule has 0 spiro atoms.